The Morgan fingerprint density at radius 3 is 2.43 bits per heavy atom. The van der Waals surface area contributed by atoms with E-state index in [1.807, 2.05) is 38.1 Å². The summed E-state index contributed by atoms with van der Waals surface area (Å²) < 4.78 is 52.9. The molecule has 192 valence electrons. The van der Waals surface area contributed by atoms with Crippen LogP contribution in [0.5, 0.6) is 0 Å². The van der Waals surface area contributed by atoms with Crippen molar-refractivity contribution in [1.29, 1.82) is 0 Å². The molecule has 0 radical (unpaired) electrons. The van der Waals surface area contributed by atoms with E-state index in [9.17, 15) is 21.9 Å². The van der Waals surface area contributed by atoms with Gasteiger partial charge in [0.2, 0.25) is 0 Å². The molecule has 1 N–H and O–H groups in total. The van der Waals surface area contributed by atoms with Gasteiger partial charge in [-0.25, -0.2) is 16.8 Å². The van der Waals surface area contributed by atoms with Crippen LogP contribution < -0.4 is 9.21 Å². The third-order valence-corrected chi connectivity index (χ3v) is 10.6. The summed E-state index contributed by atoms with van der Waals surface area (Å²) in [5.74, 6) is 0.592. The van der Waals surface area contributed by atoms with Crippen molar-refractivity contribution >= 4 is 31.2 Å². The monoisotopic (exact) mass is 520 g/mol. The van der Waals surface area contributed by atoms with Crippen molar-refractivity contribution in [3.05, 3.63) is 53.6 Å². The Morgan fingerprint density at radius 1 is 1.11 bits per heavy atom. The molecule has 0 aliphatic carbocycles. The molecule has 2 heterocycles. The van der Waals surface area contributed by atoms with E-state index in [0.29, 0.717) is 43.7 Å². The number of hydrogen-bond donors (Lipinski definition) is 1. The summed E-state index contributed by atoms with van der Waals surface area (Å²) in [6, 6.07) is 12.6. The van der Waals surface area contributed by atoms with E-state index in [1.54, 1.807) is 18.2 Å². The number of aliphatic hydroxyl groups is 1. The molecule has 2 aliphatic rings. The standard InChI is InChI=1S/C26H36N2O5S2/c1-4-20-5-7-22(8-6-20)28(16-19(2)3)35(32,33)23-9-10-25-24(15-23)26(29)11-13-27(25)17-21-12-14-34(30,31)18-21/h5-10,15,19,21,26,29H,4,11-14,16-18H2,1-3H3. The zero-order valence-corrected chi connectivity index (χ0v) is 22.4. The minimum atomic E-state index is -3.86. The van der Waals surface area contributed by atoms with Crippen LogP contribution in [0.4, 0.5) is 11.4 Å². The number of benzene rings is 2. The fraction of sp³-hybridized carbons (Fsp3) is 0.538. The zero-order chi connectivity index (χ0) is 25.4. The van der Waals surface area contributed by atoms with Crippen LogP contribution in [-0.4, -0.2) is 53.1 Å². The lowest BCUT2D eigenvalue weighted by Crippen LogP contribution is -2.37. The van der Waals surface area contributed by atoms with Crippen molar-refractivity contribution in [1.82, 2.24) is 0 Å². The molecule has 4 rings (SSSR count). The Hall–Kier alpha value is -2.10. The number of sulfonamides is 1. The van der Waals surface area contributed by atoms with E-state index in [4.69, 9.17) is 0 Å². The summed E-state index contributed by atoms with van der Waals surface area (Å²) in [5.41, 5.74) is 3.14. The highest BCUT2D eigenvalue weighted by Gasteiger charge is 2.33. The summed E-state index contributed by atoms with van der Waals surface area (Å²) >= 11 is 0. The fourth-order valence-corrected chi connectivity index (χ4v) is 8.53. The topological polar surface area (TPSA) is 95.0 Å². The maximum absolute atomic E-state index is 13.8. The summed E-state index contributed by atoms with van der Waals surface area (Å²) in [6.45, 7) is 7.58. The van der Waals surface area contributed by atoms with Crippen LogP contribution in [0.2, 0.25) is 0 Å². The molecular formula is C26H36N2O5S2. The van der Waals surface area contributed by atoms with Gasteiger partial charge in [-0.3, -0.25) is 4.31 Å². The molecule has 0 amide bonds. The van der Waals surface area contributed by atoms with Gasteiger partial charge in [-0.2, -0.15) is 0 Å². The minimum absolute atomic E-state index is 0.0547. The first-order valence-corrected chi connectivity index (χ1v) is 15.7. The lowest BCUT2D eigenvalue weighted by molar-refractivity contribution is 0.163. The smallest absolute Gasteiger partial charge is 0.264 e. The van der Waals surface area contributed by atoms with E-state index in [1.165, 1.54) is 4.31 Å². The molecule has 2 unspecified atom stereocenters. The number of anilines is 2. The van der Waals surface area contributed by atoms with E-state index in [0.717, 1.165) is 17.7 Å². The highest BCUT2D eigenvalue weighted by molar-refractivity contribution is 7.92. The van der Waals surface area contributed by atoms with Gasteiger partial charge in [-0.1, -0.05) is 32.9 Å². The Labute approximate surface area is 209 Å². The van der Waals surface area contributed by atoms with Gasteiger partial charge in [-0.15, -0.1) is 0 Å². The third-order valence-electron chi connectivity index (χ3n) is 6.93. The van der Waals surface area contributed by atoms with Crippen molar-refractivity contribution in [2.75, 3.05) is 40.3 Å². The van der Waals surface area contributed by atoms with E-state index >= 15 is 0 Å². The SMILES string of the molecule is CCc1ccc(N(CC(C)C)S(=O)(=O)c2ccc3c(c2)C(O)CCN3CC2CCS(=O)(=O)C2)cc1. The second-order valence-electron chi connectivity index (χ2n) is 10.2. The predicted octanol–water partition coefficient (Wildman–Crippen LogP) is 3.78. The molecule has 0 spiro atoms. The molecule has 2 aromatic carbocycles. The molecule has 0 bridgehead atoms. The van der Waals surface area contributed by atoms with E-state index in [2.05, 4.69) is 11.8 Å². The average molecular weight is 521 g/mol. The molecule has 9 heteroatoms. The van der Waals surface area contributed by atoms with Crippen molar-refractivity contribution in [3.8, 4) is 0 Å². The Bertz CT molecular complexity index is 1260. The summed E-state index contributed by atoms with van der Waals surface area (Å²) in [5, 5.41) is 10.7. The van der Waals surface area contributed by atoms with Gasteiger partial charge in [-0.05, 0) is 67.0 Å². The Kier molecular flexibility index (Phi) is 7.50. The molecule has 1 saturated heterocycles. The molecule has 2 atom stereocenters. The summed E-state index contributed by atoms with van der Waals surface area (Å²) in [7, 11) is -6.83. The van der Waals surface area contributed by atoms with Gasteiger partial charge >= 0.3 is 0 Å². The first kappa shape index (κ1) is 26.0. The fourth-order valence-electron chi connectivity index (χ4n) is 5.02. The van der Waals surface area contributed by atoms with Gasteiger partial charge in [0.05, 0.1) is 28.2 Å². The number of rotatable bonds is 8. The van der Waals surface area contributed by atoms with Gasteiger partial charge in [0.25, 0.3) is 10.0 Å². The molecule has 2 aliphatic heterocycles. The number of hydrogen-bond acceptors (Lipinski definition) is 6. The highest BCUT2D eigenvalue weighted by atomic mass is 32.2. The summed E-state index contributed by atoms with van der Waals surface area (Å²) in [4.78, 5) is 2.25. The van der Waals surface area contributed by atoms with Crippen LogP contribution in [0, 0.1) is 11.8 Å². The Balaban J connectivity index is 1.66. The lowest BCUT2D eigenvalue weighted by Gasteiger charge is -2.36. The van der Waals surface area contributed by atoms with Crippen molar-refractivity contribution in [3.63, 3.8) is 0 Å². The molecule has 0 saturated carbocycles. The van der Waals surface area contributed by atoms with Crippen LogP contribution >= 0.6 is 0 Å². The van der Waals surface area contributed by atoms with Gasteiger partial charge in [0.15, 0.2) is 9.84 Å². The van der Waals surface area contributed by atoms with Crippen LogP contribution in [-0.2, 0) is 26.3 Å². The van der Waals surface area contributed by atoms with E-state index < -0.39 is 26.0 Å². The first-order chi connectivity index (χ1) is 16.5. The molecule has 0 aromatic heterocycles. The lowest BCUT2D eigenvalue weighted by atomic mass is 9.97. The molecule has 35 heavy (non-hydrogen) atoms. The van der Waals surface area contributed by atoms with Gasteiger partial charge in [0.1, 0.15) is 0 Å². The van der Waals surface area contributed by atoms with E-state index in [-0.39, 0.29) is 28.2 Å². The van der Waals surface area contributed by atoms with Crippen LogP contribution in [0.1, 0.15) is 50.8 Å². The molecular weight excluding hydrogens is 484 g/mol. The number of nitrogens with zero attached hydrogens (tertiary/aromatic N) is 2. The van der Waals surface area contributed by atoms with Crippen molar-refractivity contribution < 1.29 is 21.9 Å². The maximum Gasteiger partial charge on any atom is 0.264 e. The minimum Gasteiger partial charge on any atom is -0.388 e. The van der Waals surface area contributed by atoms with Gasteiger partial charge < -0.3 is 10.0 Å². The Morgan fingerprint density at radius 2 is 1.83 bits per heavy atom. The maximum atomic E-state index is 13.8. The van der Waals surface area contributed by atoms with Gasteiger partial charge in [0, 0.05) is 30.9 Å². The number of sulfone groups is 1. The second kappa shape index (κ2) is 10.1. The first-order valence-electron chi connectivity index (χ1n) is 12.4. The number of aliphatic hydroxyl groups excluding tert-OH is 1. The number of fused-ring (bicyclic) bond motifs is 1. The van der Waals surface area contributed by atoms with Crippen LogP contribution in [0.3, 0.4) is 0 Å². The average Bonchev–Trinajstić information content (AvgIpc) is 3.17. The van der Waals surface area contributed by atoms with Crippen LogP contribution in [0.25, 0.3) is 0 Å². The largest absolute Gasteiger partial charge is 0.388 e. The second-order valence-corrected chi connectivity index (χ2v) is 14.3. The van der Waals surface area contributed by atoms with Crippen molar-refractivity contribution in [2.45, 2.75) is 51.0 Å². The predicted molar refractivity (Wildman–Crippen MR) is 140 cm³/mol. The third kappa shape index (κ3) is 5.67. The zero-order valence-electron chi connectivity index (χ0n) is 20.7. The molecule has 2 aromatic rings. The normalized spacial score (nSPS) is 21.8. The quantitative estimate of drug-likeness (QED) is 0.569. The molecule has 7 nitrogen and oxygen atoms in total. The summed E-state index contributed by atoms with van der Waals surface area (Å²) in [6.07, 6.45) is 1.24. The van der Waals surface area contributed by atoms with Crippen LogP contribution in [0.15, 0.2) is 47.4 Å². The number of aryl methyl sites for hydroxylation is 1. The highest BCUT2D eigenvalue weighted by Crippen LogP contribution is 2.38. The van der Waals surface area contributed by atoms with Crippen molar-refractivity contribution in [2.24, 2.45) is 11.8 Å². The molecule has 1 fully saturated rings.